The molecular formula is C15H20N4O2. The monoisotopic (exact) mass is 288 g/mol. The maximum atomic E-state index is 12.4. The quantitative estimate of drug-likeness (QED) is 0.925. The third kappa shape index (κ3) is 3.21. The van der Waals surface area contributed by atoms with Gasteiger partial charge in [-0.05, 0) is 19.1 Å². The van der Waals surface area contributed by atoms with E-state index in [4.69, 9.17) is 0 Å². The number of aromatic amines is 1. The van der Waals surface area contributed by atoms with Crippen molar-refractivity contribution in [1.82, 2.24) is 20.0 Å². The molecule has 1 N–H and O–H groups in total. The number of hydrogen-bond donors (Lipinski definition) is 1. The summed E-state index contributed by atoms with van der Waals surface area (Å²) >= 11 is 0. The molecular weight excluding hydrogens is 268 g/mol. The molecule has 6 nitrogen and oxygen atoms in total. The van der Waals surface area contributed by atoms with Crippen LogP contribution in [0.15, 0.2) is 18.2 Å². The fourth-order valence-corrected chi connectivity index (χ4v) is 2.06. The Bertz CT molecular complexity index is 677. The third-order valence-corrected chi connectivity index (χ3v) is 3.65. The molecule has 21 heavy (non-hydrogen) atoms. The molecule has 6 heteroatoms. The molecule has 0 aliphatic rings. The molecule has 0 aliphatic heterocycles. The Morgan fingerprint density at radius 3 is 2.52 bits per heavy atom. The fraction of sp³-hybridized carbons (Fsp3) is 0.400. The standard InChI is InChI=1S/C15H20N4O2/c1-10-13-6-5-12(9-14(13)17-16-10)15(21)19(4)8-7-18(3)11(2)20/h5-6,9H,7-8H2,1-4H3,(H,16,17). The molecule has 0 radical (unpaired) electrons. The van der Waals surface area contributed by atoms with E-state index >= 15 is 0 Å². The SMILES string of the molecule is CC(=O)N(C)CCN(C)C(=O)c1ccc2c(C)[nH]nc2c1. The molecule has 0 unspecified atom stereocenters. The predicted molar refractivity (Wildman–Crippen MR) is 81.1 cm³/mol. The number of aryl methyl sites for hydroxylation is 1. The van der Waals surface area contributed by atoms with Crippen molar-refractivity contribution in [2.75, 3.05) is 27.2 Å². The van der Waals surface area contributed by atoms with Gasteiger partial charge in [-0.15, -0.1) is 0 Å². The summed E-state index contributed by atoms with van der Waals surface area (Å²) in [5.41, 5.74) is 2.37. The molecule has 0 atom stereocenters. The van der Waals surface area contributed by atoms with Gasteiger partial charge >= 0.3 is 0 Å². The highest BCUT2D eigenvalue weighted by molar-refractivity contribution is 5.98. The molecule has 2 aromatic rings. The van der Waals surface area contributed by atoms with Gasteiger partial charge in [0, 0.05) is 50.8 Å². The van der Waals surface area contributed by atoms with Crippen LogP contribution in [0.1, 0.15) is 23.0 Å². The number of nitrogens with zero attached hydrogens (tertiary/aromatic N) is 3. The van der Waals surface area contributed by atoms with Crippen molar-refractivity contribution in [3.8, 4) is 0 Å². The first-order valence-corrected chi connectivity index (χ1v) is 6.82. The smallest absolute Gasteiger partial charge is 0.253 e. The van der Waals surface area contributed by atoms with E-state index in [0.717, 1.165) is 16.6 Å². The zero-order valence-corrected chi connectivity index (χ0v) is 12.8. The topological polar surface area (TPSA) is 69.3 Å². The lowest BCUT2D eigenvalue weighted by atomic mass is 10.1. The molecule has 0 bridgehead atoms. The van der Waals surface area contributed by atoms with E-state index in [1.54, 1.807) is 36.0 Å². The number of benzene rings is 1. The van der Waals surface area contributed by atoms with Crippen LogP contribution in [0.2, 0.25) is 0 Å². The van der Waals surface area contributed by atoms with E-state index in [1.165, 1.54) is 6.92 Å². The lowest BCUT2D eigenvalue weighted by Gasteiger charge is -2.21. The number of carbonyl (C=O) groups is 2. The van der Waals surface area contributed by atoms with E-state index in [-0.39, 0.29) is 11.8 Å². The van der Waals surface area contributed by atoms with Gasteiger partial charge in [0.15, 0.2) is 0 Å². The van der Waals surface area contributed by atoms with Crippen LogP contribution in [0.5, 0.6) is 0 Å². The molecule has 0 saturated carbocycles. The number of fused-ring (bicyclic) bond motifs is 1. The number of carbonyl (C=O) groups excluding carboxylic acids is 2. The zero-order chi connectivity index (χ0) is 15.6. The lowest BCUT2D eigenvalue weighted by Crippen LogP contribution is -2.36. The Labute approximate surface area is 123 Å². The first-order chi connectivity index (χ1) is 9.90. The van der Waals surface area contributed by atoms with Crippen LogP contribution < -0.4 is 0 Å². The summed E-state index contributed by atoms with van der Waals surface area (Å²) in [6.45, 7) is 4.46. The minimum Gasteiger partial charge on any atom is -0.344 e. The van der Waals surface area contributed by atoms with Gasteiger partial charge in [-0.25, -0.2) is 0 Å². The van der Waals surface area contributed by atoms with Crippen molar-refractivity contribution in [2.45, 2.75) is 13.8 Å². The Morgan fingerprint density at radius 1 is 1.19 bits per heavy atom. The van der Waals surface area contributed by atoms with Crippen LogP contribution in [0, 0.1) is 6.92 Å². The van der Waals surface area contributed by atoms with Crippen LogP contribution in [0.3, 0.4) is 0 Å². The highest BCUT2D eigenvalue weighted by Gasteiger charge is 2.14. The molecule has 0 aliphatic carbocycles. The summed E-state index contributed by atoms with van der Waals surface area (Å²) in [7, 11) is 3.45. The van der Waals surface area contributed by atoms with Gasteiger partial charge in [-0.3, -0.25) is 14.7 Å². The average Bonchev–Trinajstić information content (AvgIpc) is 2.84. The number of nitrogens with one attached hydrogen (secondary N) is 1. The molecule has 1 heterocycles. The van der Waals surface area contributed by atoms with E-state index in [0.29, 0.717) is 18.7 Å². The van der Waals surface area contributed by atoms with Crippen LogP contribution in [-0.2, 0) is 4.79 Å². The second-order valence-corrected chi connectivity index (χ2v) is 5.25. The second-order valence-electron chi connectivity index (χ2n) is 5.25. The van der Waals surface area contributed by atoms with Gasteiger partial charge < -0.3 is 9.80 Å². The number of aromatic nitrogens is 2. The number of rotatable bonds is 4. The van der Waals surface area contributed by atoms with Crippen molar-refractivity contribution >= 4 is 22.7 Å². The number of hydrogen-bond acceptors (Lipinski definition) is 3. The van der Waals surface area contributed by atoms with Crippen molar-refractivity contribution in [3.05, 3.63) is 29.5 Å². The fourth-order valence-electron chi connectivity index (χ4n) is 2.06. The normalized spacial score (nSPS) is 10.7. The number of H-pyrrole nitrogens is 1. The summed E-state index contributed by atoms with van der Waals surface area (Å²) in [6.07, 6.45) is 0. The zero-order valence-electron chi connectivity index (χ0n) is 12.8. The number of likely N-dealkylation sites (N-methyl/N-ethyl adjacent to an activating group) is 2. The summed E-state index contributed by atoms with van der Waals surface area (Å²) in [5, 5.41) is 8.09. The van der Waals surface area contributed by atoms with Gasteiger partial charge in [0.1, 0.15) is 0 Å². The summed E-state index contributed by atoms with van der Waals surface area (Å²) in [6, 6.07) is 5.49. The Balaban J connectivity index is 2.08. The van der Waals surface area contributed by atoms with Gasteiger partial charge in [-0.1, -0.05) is 6.07 Å². The highest BCUT2D eigenvalue weighted by atomic mass is 16.2. The third-order valence-electron chi connectivity index (χ3n) is 3.65. The van der Waals surface area contributed by atoms with Crippen molar-refractivity contribution < 1.29 is 9.59 Å². The van der Waals surface area contributed by atoms with E-state index in [9.17, 15) is 9.59 Å². The molecule has 2 amide bonds. The van der Waals surface area contributed by atoms with Gasteiger partial charge in [0.05, 0.1) is 5.52 Å². The minimum atomic E-state index is -0.0745. The van der Waals surface area contributed by atoms with Crippen LogP contribution in [0.25, 0.3) is 10.9 Å². The molecule has 1 aromatic carbocycles. The van der Waals surface area contributed by atoms with E-state index < -0.39 is 0 Å². The Kier molecular flexibility index (Phi) is 4.26. The van der Waals surface area contributed by atoms with Crippen LogP contribution in [0.4, 0.5) is 0 Å². The molecule has 0 spiro atoms. The summed E-state index contributed by atoms with van der Waals surface area (Å²) in [4.78, 5) is 26.7. The number of amides is 2. The van der Waals surface area contributed by atoms with E-state index in [2.05, 4.69) is 10.2 Å². The summed E-state index contributed by atoms with van der Waals surface area (Å²) in [5.74, 6) is -0.0845. The van der Waals surface area contributed by atoms with Crippen molar-refractivity contribution in [2.24, 2.45) is 0 Å². The van der Waals surface area contributed by atoms with Crippen molar-refractivity contribution in [1.29, 1.82) is 0 Å². The molecule has 1 aromatic heterocycles. The van der Waals surface area contributed by atoms with Gasteiger partial charge in [0.2, 0.25) is 5.91 Å². The van der Waals surface area contributed by atoms with Crippen molar-refractivity contribution in [3.63, 3.8) is 0 Å². The first-order valence-electron chi connectivity index (χ1n) is 6.82. The minimum absolute atomic E-state index is 0.00994. The molecule has 0 saturated heterocycles. The van der Waals surface area contributed by atoms with Gasteiger partial charge in [-0.2, -0.15) is 5.10 Å². The average molecular weight is 288 g/mol. The van der Waals surface area contributed by atoms with Crippen LogP contribution in [-0.4, -0.2) is 59.0 Å². The maximum absolute atomic E-state index is 12.4. The Morgan fingerprint density at radius 2 is 1.86 bits per heavy atom. The highest BCUT2D eigenvalue weighted by Crippen LogP contribution is 2.17. The predicted octanol–water partition coefficient (Wildman–Crippen LogP) is 1.42. The largest absolute Gasteiger partial charge is 0.344 e. The molecule has 112 valence electrons. The lowest BCUT2D eigenvalue weighted by molar-refractivity contribution is -0.127. The summed E-state index contributed by atoms with van der Waals surface area (Å²) < 4.78 is 0. The van der Waals surface area contributed by atoms with Gasteiger partial charge in [0.25, 0.3) is 5.91 Å². The maximum Gasteiger partial charge on any atom is 0.253 e. The second kappa shape index (κ2) is 5.95. The molecule has 0 fully saturated rings. The van der Waals surface area contributed by atoms with E-state index in [1.807, 2.05) is 13.0 Å². The first kappa shape index (κ1) is 15.0. The molecule has 2 rings (SSSR count). The van der Waals surface area contributed by atoms with Crippen LogP contribution >= 0.6 is 0 Å². The Hall–Kier alpha value is -2.37.